The van der Waals surface area contributed by atoms with Crippen molar-refractivity contribution in [2.75, 3.05) is 17.7 Å². The highest BCUT2D eigenvalue weighted by Crippen LogP contribution is 2.24. The first kappa shape index (κ1) is 13.7. The number of rotatable bonds is 3. The number of anilines is 3. The van der Waals surface area contributed by atoms with Crippen LogP contribution >= 0.6 is 0 Å². The van der Waals surface area contributed by atoms with Crippen molar-refractivity contribution in [1.29, 1.82) is 5.26 Å². The zero-order valence-electron chi connectivity index (χ0n) is 10.3. The lowest BCUT2D eigenvalue weighted by Crippen LogP contribution is -2.04. The summed E-state index contributed by atoms with van der Waals surface area (Å²) in [7, 11) is 1.44. The van der Waals surface area contributed by atoms with Crippen LogP contribution in [-0.2, 0) is 0 Å². The van der Waals surface area contributed by atoms with Gasteiger partial charge in [0.2, 0.25) is 0 Å². The monoisotopic (exact) mass is 278 g/mol. The van der Waals surface area contributed by atoms with Crippen LogP contribution in [-0.4, -0.2) is 12.0 Å². The summed E-state index contributed by atoms with van der Waals surface area (Å²) in [6, 6.07) is 5.83. The lowest BCUT2D eigenvalue weighted by Gasteiger charge is -2.10. The minimum atomic E-state index is -0.922. The molecule has 0 fully saturated rings. The standard InChI is InChI=1S/C13H9F3N4/c1-18-12-9(15)5-10(16)13(20-12)19-11-3-2-8(14)4-7(11)6-17/h2-5H,1H3,(H2,18,19,20). The maximum Gasteiger partial charge on any atom is 0.169 e. The Balaban J connectivity index is 2.43. The van der Waals surface area contributed by atoms with E-state index in [0.717, 1.165) is 12.1 Å². The zero-order chi connectivity index (χ0) is 14.7. The summed E-state index contributed by atoms with van der Waals surface area (Å²) in [5.74, 6) is -2.76. The molecule has 0 atom stereocenters. The average molecular weight is 278 g/mol. The van der Waals surface area contributed by atoms with Crippen LogP contribution in [0.4, 0.5) is 30.5 Å². The highest BCUT2D eigenvalue weighted by Gasteiger charge is 2.13. The second kappa shape index (κ2) is 5.48. The highest BCUT2D eigenvalue weighted by molar-refractivity contribution is 5.65. The molecule has 0 unspecified atom stereocenters. The van der Waals surface area contributed by atoms with Gasteiger partial charge in [0.25, 0.3) is 0 Å². The maximum absolute atomic E-state index is 13.6. The molecule has 7 heteroatoms. The first-order chi connectivity index (χ1) is 9.55. The Kier molecular flexibility index (Phi) is 3.75. The number of nitrogens with zero attached hydrogens (tertiary/aromatic N) is 2. The maximum atomic E-state index is 13.6. The largest absolute Gasteiger partial charge is 0.371 e. The SMILES string of the molecule is CNc1nc(Nc2ccc(F)cc2C#N)c(F)cc1F. The van der Waals surface area contributed by atoms with E-state index >= 15 is 0 Å². The van der Waals surface area contributed by atoms with Gasteiger partial charge in [0.1, 0.15) is 11.9 Å². The van der Waals surface area contributed by atoms with E-state index in [0.29, 0.717) is 6.07 Å². The lowest BCUT2D eigenvalue weighted by molar-refractivity contribution is 0.580. The molecule has 0 saturated carbocycles. The van der Waals surface area contributed by atoms with Gasteiger partial charge < -0.3 is 10.6 Å². The number of hydrogen-bond acceptors (Lipinski definition) is 4. The van der Waals surface area contributed by atoms with E-state index in [2.05, 4.69) is 15.6 Å². The molecule has 0 radical (unpaired) electrons. The van der Waals surface area contributed by atoms with Crippen LogP contribution in [0.3, 0.4) is 0 Å². The number of aromatic nitrogens is 1. The average Bonchev–Trinajstić information content (AvgIpc) is 2.43. The summed E-state index contributed by atoms with van der Waals surface area (Å²) in [5.41, 5.74) is 0.162. The van der Waals surface area contributed by atoms with Crippen molar-refractivity contribution < 1.29 is 13.2 Å². The molecule has 102 valence electrons. The third kappa shape index (κ3) is 2.64. The predicted molar refractivity (Wildman–Crippen MR) is 68.1 cm³/mol. The molecule has 1 heterocycles. The topological polar surface area (TPSA) is 60.7 Å². The van der Waals surface area contributed by atoms with Crippen molar-refractivity contribution in [2.45, 2.75) is 0 Å². The van der Waals surface area contributed by atoms with Crippen molar-refractivity contribution in [2.24, 2.45) is 0 Å². The molecule has 20 heavy (non-hydrogen) atoms. The van der Waals surface area contributed by atoms with Crippen LogP contribution < -0.4 is 10.6 Å². The molecule has 0 aliphatic rings. The Morgan fingerprint density at radius 2 is 1.80 bits per heavy atom. The molecule has 4 nitrogen and oxygen atoms in total. The molecule has 0 saturated heterocycles. The molecule has 0 aliphatic heterocycles. The Morgan fingerprint density at radius 1 is 1.10 bits per heavy atom. The van der Waals surface area contributed by atoms with E-state index in [1.165, 1.54) is 13.1 Å². The Bertz CT molecular complexity index is 695. The van der Waals surface area contributed by atoms with Crippen molar-refractivity contribution in [3.63, 3.8) is 0 Å². The normalized spacial score (nSPS) is 9.95. The van der Waals surface area contributed by atoms with Gasteiger partial charge in [0, 0.05) is 13.1 Å². The van der Waals surface area contributed by atoms with Gasteiger partial charge in [-0.05, 0) is 18.2 Å². The molecule has 2 N–H and O–H groups in total. The molecule has 1 aromatic heterocycles. The van der Waals surface area contributed by atoms with Gasteiger partial charge >= 0.3 is 0 Å². The molecule has 0 amide bonds. The van der Waals surface area contributed by atoms with Crippen molar-refractivity contribution in [3.8, 4) is 6.07 Å². The fraction of sp³-hybridized carbons (Fsp3) is 0.0769. The van der Waals surface area contributed by atoms with E-state index in [1.54, 1.807) is 6.07 Å². The number of benzene rings is 1. The van der Waals surface area contributed by atoms with Gasteiger partial charge in [0.05, 0.1) is 11.3 Å². The van der Waals surface area contributed by atoms with Crippen LogP contribution in [0.25, 0.3) is 0 Å². The zero-order valence-corrected chi connectivity index (χ0v) is 10.3. The molecular formula is C13H9F3N4. The highest BCUT2D eigenvalue weighted by atomic mass is 19.1. The van der Waals surface area contributed by atoms with E-state index in [1.807, 2.05) is 0 Å². The first-order valence-electron chi connectivity index (χ1n) is 5.55. The van der Waals surface area contributed by atoms with Gasteiger partial charge in [-0.1, -0.05) is 0 Å². The predicted octanol–water partition coefficient (Wildman–Crippen LogP) is 3.16. The number of nitriles is 1. The summed E-state index contributed by atoms with van der Waals surface area (Å²) < 4.78 is 39.9. The molecule has 0 spiro atoms. The van der Waals surface area contributed by atoms with Crippen molar-refractivity contribution in [3.05, 3.63) is 47.3 Å². The molecule has 0 bridgehead atoms. The van der Waals surface area contributed by atoms with Crippen LogP contribution in [0.5, 0.6) is 0 Å². The number of hydrogen-bond donors (Lipinski definition) is 2. The molecule has 2 rings (SSSR count). The van der Waals surface area contributed by atoms with Gasteiger partial charge in [-0.2, -0.15) is 5.26 Å². The smallest absolute Gasteiger partial charge is 0.169 e. The van der Waals surface area contributed by atoms with E-state index < -0.39 is 17.5 Å². The summed E-state index contributed by atoms with van der Waals surface area (Å²) >= 11 is 0. The summed E-state index contributed by atoms with van der Waals surface area (Å²) in [5, 5.41) is 13.9. The van der Waals surface area contributed by atoms with Gasteiger partial charge in [-0.25, -0.2) is 18.2 Å². The summed E-state index contributed by atoms with van der Waals surface area (Å²) in [4.78, 5) is 3.71. The van der Waals surface area contributed by atoms with E-state index in [9.17, 15) is 13.2 Å². The Labute approximate surface area is 112 Å². The molecule has 0 aliphatic carbocycles. The quantitative estimate of drug-likeness (QED) is 0.905. The van der Waals surface area contributed by atoms with Crippen molar-refractivity contribution >= 4 is 17.3 Å². The third-order valence-electron chi connectivity index (χ3n) is 2.52. The van der Waals surface area contributed by atoms with Crippen LogP contribution in [0.2, 0.25) is 0 Å². The summed E-state index contributed by atoms with van der Waals surface area (Å²) in [6.45, 7) is 0. The first-order valence-corrected chi connectivity index (χ1v) is 5.55. The fourth-order valence-corrected chi connectivity index (χ4v) is 1.58. The number of pyridine rings is 1. The van der Waals surface area contributed by atoms with Crippen LogP contribution in [0.1, 0.15) is 5.56 Å². The number of nitrogens with one attached hydrogen (secondary N) is 2. The lowest BCUT2D eigenvalue weighted by atomic mass is 10.2. The number of halogens is 3. The Morgan fingerprint density at radius 3 is 2.45 bits per heavy atom. The Hall–Kier alpha value is -2.75. The second-order valence-corrected chi connectivity index (χ2v) is 3.83. The molecule has 2 aromatic rings. The van der Waals surface area contributed by atoms with Crippen LogP contribution in [0.15, 0.2) is 24.3 Å². The minimum Gasteiger partial charge on any atom is -0.371 e. The van der Waals surface area contributed by atoms with Crippen molar-refractivity contribution in [1.82, 2.24) is 4.98 Å². The van der Waals surface area contributed by atoms with Crippen LogP contribution in [0, 0.1) is 28.8 Å². The van der Waals surface area contributed by atoms with E-state index in [4.69, 9.17) is 5.26 Å². The van der Waals surface area contributed by atoms with E-state index in [-0.39, 0.29) is 22.9 Å². The van der Waals surface area contributed by atoms with Gasteiger partial charge in [-0.3, -0.25) is 0 Å². The van der Waals surface area contributed by atoms with Gasteiger partial charge in [-0.15, -0.1) is 0 Å². The second-order valence-electron chi connectivity index (χ2n) is 3.83. The summed E-state index contributed by atoms with van der Waals surface area (Å²) in [6.07, 6.45) is 0. The van der Waals surface area contributed by atoms with Gasteiger partial charge in [0.15, 0.2) is 23.3 Å². The molecule has 1 aromatic carbocycles. The molecular weight excluding hydrogens is 269 g/mol. The minimum absolute atomic E-state index is 0.0125. The fourth-order valence-electron chi connectivity index (χ4n) is 1.58. The third-order valence-corrected chi connectivity index (χ3v) is 2.52.